The number of nitrogens with zero attached hydrogens (tertiary/aromatic N) is 3. The van der Waals surface area contributed by atoms with Crippen molar-refractivity contribution in [3.63, 3.8) is 0 Å². The number of aliphatic hydroxyl groups is 1. The molecule has 0 unspecified atom stereocenters. The Hall–Kier alpha value is -0.780. The molecule has 1 aromatic rings. The van der Waals surface area contributed by atoms with Crippen LogP contribution >= 0.6 is 11.5 Å². The molecule has 0 atom stereocenters. The van der Waals surface area contributed by atoms with E-state index < -0.39 is 0 Å². The van der Waals surface area contributed by atoms with Crippen LogP contribution in [0.5, 0.6) is 0 Å². The number of hydrogen-bond donors (Lipinski definition) is 1. The maximum absolute atomic E-state index is 8.78. The van der Waals surface area contributed by atoms with Crippen molar-refractivity contribution < 1.29 is 5.11 Å². The largest absolute Gasteiger partial charge is 0.395 e. The van der Waals surface area contributed by atoms with E-state index in [0.29, 0.717) is 6.54 Å². The van der Waals surface area contributed by atoms with E-state index >= 15 is 0 Å². The highest BCUT2D eigenvalue weighted by Crippen LogP contribution is 2.02. The van der Waals surface area contributed by atoms with Gasteiger partial charge in [0.05, 0.1) is 12.3 Å². The highest BCUT2D eigenvalue weighted by atomic mass is 32.1. The van der Waals surface area contributed by atoms with Gasteiger partial charge in [-0.1, -0.05) is 10.6 Å². The Balaban J connectivity index is 2.42. The van der Waals surface area contributed by atoms with Crippen LogP contribution in [0.25, 0.3) is 0 Å². The van der Waals surface area contributed by atoms with Crippen LogP contribution in [-0.2, 0) is 6.54 Å². The van der Waals surface area contributed by atoms with E-state index in [1.54, 1.807) is 0 Å². The van der Waals surface area contributed by atoms with E-state index in [2.05, 4.69) is 21.1 Å². The number of rotatable bonds is 6. The summed E-state index contributed by atoms with van der Waals surface area (Å²) in [7, 11) is 0. The van der Waals surface area contributed by atoms with Gasteiger partial charge in [-0.3, -0.25) is 4.90 Å². The molecule has 1 rings (SSSR count). The summed E-state index contributed by atoms with van der Waals surface area (Å²) in [6, 6.07) is 0. The Kier molecular flexibility index (Phi) is 4.59. The average molecular weight is 199 g/mol. The molecule has 1 heterocycles. The molecule has 1 aromatic heterocycles. The third-order valence-corrected chi connectivity index (χ3v) is 2.15. The maximum atomic E-state index is 8.78. The van der Waals surface area contributed by atoms with Crippen molar-refractivity contribution >= 4 is 11.5 Å². The lowest BCUT2D eigenvalue weighted by Gasteiger charge is -2.17. The van der Waals surface area contributed by atoms with Gasteiger partial charge in [0.2, 0.25) is 0 Å². The fourth-order valence-corrected chi connectivity index (χ4v) is 1.48. The topological polar surface area (TPSA) is 49.2 Å². The first-order valence-electron chi connectivity index (χ1n) is 4.07. The van der Waals surface area contributed by atoms with Gasteiger partial charge in [-0.05, 0) is 11.5 Å². The van der Waals surface area contributed by atoms with Crippen LogP contribution in [0, 0.1) is 0 Å². The lowest BCUT2D eigenvalue weighted by Crippen LogP contribution is -2.26. The molecule has 0 amide bonds. The SMILES string of the molecule is C=CCN(CCO)Cc1csnn1. The molecule has 72 valence electrons. The quantitative estimate of drug-likeness (QED) is 0.679. The summed E-state index contributed by atoms with van der Waals surface area (Å²) < 4.78 is 3.77. The second-order valence-electron chi connectivity index (χ2n) is 2.64. The van der Waals surface area contributed by atoms with Crippen molar-refractivity contribution in [1.29, 1.82) is 0 Å². The van der Waals surface area contributed by atoms with Gasteiger partial charge in [-0.2, -0.15) is 0 Å². The van der Waals surface area contributed by atoms with Gasteiger partial charge < -0.3 is 5.11 Å². The molecule has 13 heavy (non-hydrogen) atoms. The minimum atomic E-state index is 0.158. The predicted molar refractivity (Wildman–Crippen MR) is 52.5 cm³/mol. The van der Waals surface area contributed by atoms with E-state index in [1.807, 2.05) is 11.5 Å². The van der Waals surface area contributed by atoms with Gasteiger partial charge in [0.15, 0.2) is 0 Å². The normalized spacial score (nSPS) is 10.6. The van der Waals surface area contributed by atoms with Gasteiger partial charge in [-0.25, -0.2) is 0 Å². The lowest BCUT2D eigenvalue weighted by molar-refractivity contribution is 0.202. The summed E-state index contributed by atoms with van der Waals surface area (Å²) in [6.45, 7) is 5.94. The second-order valence-corrected chi connectivity index (χ2v) is 3.25. The van der Waals surface area contributed by atoms with Crippen molar-refractivity contribution in [3.05, 3.63) is 23.7 Å². The van der Waals surface area contributed by atoms with E-state index in [4.69, 9.17) is 5.11 Å². The zero-order chi connectivity index (χ0) is 9.52. The Labute approximate surface area is 81.7 Å². The fourth-order valence-electron chi connectivity index (χ4n) is 1.04. The Morgan fingerprint density at radius 2 is 2.54 bits per heavy atom. The second kappa shape index (κ2) is 5.80. The highest BCUT2D eigenvalue weighted by Gasteiger charge is 2.04. The van der Waals surface area contributed by atoms with Crippen molar-refractivity contribution in [3.8, 4) is 0 Å². The van der Waals surface area contributed by atoms with Gasteiger partial charge in [0.1, 0.15) is 0 Å². The first-order chi connectivity index (χ1) is 6.36. The average Bonchev–Trinajstić information content (AvgIpc) is 2.58. The number of hydrogen-bond acceptors (Lipinski definition) is 5. The van der Waals surface area contributed by atoms with Crippen LogP contribution in [-0.4, -0.2) is 39.3 Å². The van der Waals surface area contributed by atoms with Crippen molar-refractivity contribution in [2.75, 3.05) is 19.7 Å². The highest BCUT2D eigenvalue weighted by molar-refractivity contribution is 7.03. The van der Waals surface area contributed by atoms with Gasteiger partial charge in [-0.15, -0.1) is 11.7 Å². The fraction of sp³-hybridized carbons (Fsp3) is 0.500. The molecule has 0 saturated carbocycles. The monoisotopic (exact) mass is 199 g/mol. The molecule has 0 bridgehead atoms. The van der Waals surface area contributed by atoms with Crippen molar-refractivity contribution in [1.82, 2.24) is 14.5 Å². The molecule has 5 heteroatoms. The Bertz CT molecular complexity index is 238. The predicted octanol–water partition coefficient (Wildman–Crippen LogP) is 0.518. The summed E-state index contributed by atoms with van der Waals surface area (Å²) in [4.78, 5) is 2.06. The molecular weight excluding hydrogens is 186 g/mol. The minimum Gasteiger partial charge on any atom is -0.395 e. The molecule has 0 aliphatic carbocycles. The summed E-state index contributed by atoms with van der Waals surface area (Å²) >= 11 is 1.34. The van der Waals surface area contributed by atoms with E-state index in [0.717, 1.165) is 18.8 Å². The first-order valence-corrected chi connectivity index (χ1v) is 4.90. The maximum Gasteiger partial charge on any atom is 0.0895 e. The first kappa shape index (κ1) is 10.3. The standard InChI is InChI=1S/C8H13N3OS/c1-2-3-11(4-5-12)6-8-7-13-10-9-8/h2,7,12H,1,3-6H2. The molecular formula is C8H13N3OS. The number of aromatic nitrogens is 2. The molecule has 0 spiro atoms. The van der Waals surface area contributed by atoms with Crippen LogP contribution in [0.3, 0.4) is 0 Å². The molecule has 0 radical (unpaired) electrons. The van der Waals surface area contributed by atoms with E-state index in [-0.39, 0.29) is 6.61 Å². The molecule has 0 aliphatic rings. The number of aliphatic hydroxyl groups excluding tert-OH is 1. The zero-order valence-electron chi connectivity index (χ0n) is 7.39. The Morgan fingerprint density at radius 3 is 3.08 bits per heavy atom. The molecule has 0 aliphatic heterocycles. The van der Waals surface area contributed by atoms with Crippen LogP contribution in [0.2, 0.25) is 0 Å². The van der Waals surface area contributed by atoms with Crippen LogP contribution in [0.15, 0.2) is 18.0 Å². The van der Waals surface area contributed by atoms with Gasteiger partial charge >= 0.3 is 0 Å². The molecule has 1 N–H and O–H groups in total. The molecule has 0 aromatic carbocycles. The smallest absolute Gasteiger partial charge is 0.0895 e. The van der Waals surface area contributed by atoms with Gasteiger partial charge in [0, 0.05) is 25.0 Å². The third kappa shape index (κ3) is 3.63. The van der Waals surface area contributed by atoms with Gasteiger partial charge in [0.25, 0.3) is 0 Å². The summed E-state index contributed by atoms with van der Waals surface area (Å²) in [6.07, 6.45) is 1.81. The summed E-state index contributed by atoms with van der Waals surface area (Å²) in [5, 5.41) is 14.6. The van der Waals surface area contributed by atoms with E-state index in [9.17, 15) is 0 Å². The third-order valence-electron chi connectivity index (χ3n) is 1.59. The van der Waals surface area contributed by atoms with E-state index in [1.165, 1.54) is 11.5 Å². The molecule has 4 nitrogen and oxygen atoms in total. The summed E-state index contributed by atoms with van der Waals surface area (Å²) in [5.74, 6) is 0. The van der Waals surface area contributed by atoms with Crippen molar-refractivity contribution in [2.45, 2.75) is 6.54 Å². The van der Waals surface area contributed by atoms with Crippen LogP contribution in [0.4, 0.5) is 0 Å². The zero-order valence-corrected chi connectivity index (χ0v) is 8.20. The van der Waals surface area contributed by atoms with Crippen molar-refractivity contribution in [2.24, 2.45) is 0 Å². The van der Waals surface area contributed by atoms with Crippen LogP contribution < -0.4 is 0 Å². The Morgan fingerprint density at radius 1 is 1.69 bits per heavy atom. The molecule has 0 fully saturated rings. The van der Waals surface area contributed by atoms with Crippen LogP contribution in [0.1, 0.15) is 5.69 Å². The summed E-state index contributed by atoms with van der Waals surface area (Å²) in [5.41, 5.74) is 0.945. The molecule has 0 saturated heterocycles. The minimum absolute atomic E-state index is 0.158. The lowest BCUT2D eigenvalue weighted by atomic mass is 10.4.